The van der Waals surface area contributed by atoms with Gasteiger partial charge in [0, 0.05) is 12.0 Å². The molecule has 4 heteroatoms. The van der Waals surface area contributed by atoms with Gasteiger partial charge in [0.25, 0.3) is 0 Å². The summed E-state index contributed by atoms with van der Waals surface area (Å²) in [5.74, 6) is 0.685. The van der Waals surface area contributed by atoms with E-state index in [1.807, 2.05) is 0 Å². The Morgan fingerprint density at radius 1 is 1.38 bits per heavy atom. The van der Waals surface area contributed by atoms with E-state index in [0.717, 1.165) is 6.61 Å². The minimum Gasteiger partial charge on any atom is -0.359 e. The molecule has 2 atom stereocenters. The summed E-state index contributed by atoms with van der Waals surface area (Å²) in [4.78, 5) is 2.53. The van der Waals surface area contributed by atoms with Crippen molar-refractivity contribution in [1.82, 2.24) is 10.2 Å². The topological polar surface area (TPSA) is 24.5 Å². The minimum absolute atomic E-state index is 0. The number of hydrogen-bond acceptors (Lipinski definition) is 3. The molecule has 16 heavy (non-hydrogen) atoms. The predicted molar refractivity (Wildman–Crippen MR) is 69.0 cm³/mol. The maximum atomic E-state index is 5.93. The summed E-state index contributed by atoms with van der Waals surface area (Å²) >= 11 is 0. The van der Waals surface area contributed by atoms with E-state index in [1.54, 1.807) is 0 Å². The van der Waals surface area contributed by atoms with E-state index < -0.39 is 0 Å². The zero-order valence-corrected chi connectivity index (χ0v) is 11.5. The molecule has 1 N–H and O–H groups in total. The van der Waals surface area contributed by atoms with Crippen LogP contribution in [-0.2, 0) is 4.74 Å². The van der Waals surface area contributed by atoms with Crippen LogP contribution < -0.4 is 5.32 Å². The lowest BCUT2D eigenvalue weighted by Gasteiger charge is -2.39. The fourth-order valence-corrected chi connectivity index (χ4v) is 2.91. The highest BCUT2D eigenvalue weighted by atomic mass is 35.5. The van der Waals surface area contributed by atoms with Gasteiger partial charge >= 0.3 is 0 Å². The third kappa shape index (κ3) is 2.89. The molecule has 0 aromatic carbocycles. The monoisotopic (exact) mass is 248 g/mol. The summed E-state index contributed by atoms with van der Waals surface area (Å²) in [6, 6.07) is 0.513. The average molecular weight is 249 g/mol. The van der Waals surface area contributed by atoms with E-state index in [9.17, 15) is 0 Å². The molecule has 2 fully saturated rings. The van der Waals surface area contributed by atoms with Crippen molar-refractivity contribution in [3.8, 4) is 0 Å². The van der Waals surface area contributed by atoms with Crippen molar-refractivity contribution in [1.29, 1.82) is 0 Å². The van der Waals surface area contributed by atoms with Crippen LogP contribution >= 0.6 is 12.4 Å². The third-order valence-corrected chi connectivity index (χ3v) is 3.98. The standard InChI is InChI=1S/C12H24N2O.ClH/c1-4-14-7-5-11(6-8-14)12(3)13-10(2)9-15-12;/h10-11,13H,4-9H2,1-3H3;1H. The van der Waals surface area contributed by atoms with Gasteiger partial charge in [-0.1, -0.05) is 6.92 Å². The molecule has 2 aliphatic rings. The summed E-state index contributed by atoms with van der Waals surface area (Å²) in [5.41, 5.74) is -0.0563. The molecule has 0 amide bonds. The lowest BCUT2D eigenvalue weighted by Crippen LogP contribution is -2.51. The summed E-state index contributed by atoms with van der Waals surface area (Å²) in [5, 5.41) is 3.59. The smallest absolute Gasteiger partial charge is 0.119 e. The van der Waals surface area contributed by atoms with Gasteiger partial charge in [-0.05, 0) is 46.3 Å². The summed E-state index contributed by atoms with van der Waals surface area (Å²) in [6.45, 7) is 11.2. The third-order valence-electron chi connectivity index (χ3n) is 3.98. The largest absolute Gasteiger partial charge is 0.359 e. The van der Waals surface area contributed by atoms with Gasteiger partial charge in [0.05, 0.1) is 6.61 Å². The van der Waals surface area contributed by atoms with E-state index >= 15 is 0 Å². The van der Waals surface area contributed by atoms with Crippen LogP contribution in [0.5, 0.6) is 0 Å². The number of hydrogen-bond donors (Lipinski definition) is 1. The average Bonchev–Trinajstić information content (AvgIpc) is 2.60. The molecule has 0 aromatic heterocycles. The molecule has 3 nitrogen and oxygen atoms in total. The van der Waals surface area contributed by atoms with Crippen molar-refractivity contribution in [3.05, 3.63) is 0 Å². The van der Waals surface area contributed by atoms with Gasteiger partial charge in [0.2, 0.25) is 0 Å². The molecule has 2 rings (SSSR count). The Morgan fingerprint density at radius 2 is 2.00 bits per heavy atom. The van der Waals surface area contributed by atoms with Gasteiger partial charge in [-0.15, -0.1) is 12.4 Å². The van der Waals surface area contributed by atoms with Crippen LogP contribution in [0.15, 0.2) is 0 Å². The van der Waals surface area contributed by atoms with Gasteiger partial charge in [0.1, 0.15) is 5.72 Å². The molecule has 0 saturated carbocycles. The Balaban J connectivity index is 0.00000128. The van der Waals surface area contributed by atoms with Gasteiger partial charge in [0.15, 0.2) is 0 Å². The molecule has 0 aromatic rings. The molecule has 0 radical (unpaired) electrons. The van der Waals surface area contributed by atoms with Crippen molar-refractivity contribution in [2.75, 3.05) is 26.2 Å². The molecule has 2 aliphatic heterocycles. The van der Waals surface area contributed by atoms with Crippen molar-refractivity contribution >= 4 is 12.4 Å². The maximum Gasteiger partial charge on any atom is 0.119 e. The number of halogens is 1. The molecule has 0 spiro atoms. The van der Waals surface area contributed by atoms with Crippen molar-refractivity contribution in [2.45, 2.75) is 45.4 Å². The van der Waals surface area contributed by atoms with E-state index in [0.29, 0.717) is 12.0 Å². The summed E-state index contributed by atoms with van der Waals surface area (Å²) in [7, 11) is 0. The van der Waals surface area contributed by atoms with Crippen LogP contribution in [0.2, 0.25) is 0 Å². The van der Waals surface area contributed by atoms with Crippen LogP contribution in [0, 0.1) is 5.92 Å². The quantitative estimate of drug-likeness (QED) is 0.808. The second-order valence-electron chi connectivity index (χ2n) is 5.17. The van der Waals surface area contributed by atoms with Crippen molar-refractivity contribution in [2.24, 2.45) is 5.92 Å². The van der Waals surface area contributed by atoms with E-state index in [2.05, 4.69) is 31.0 Å². The molecular formula is C12H25ClN2O. The Hall–Kier alpha value is 0.170. The lowest BCUT2D eigenvalue weighted by molar-refractivity contribution is -0.0619. The van der Waals surface area contributed by atoms with Crippen LogP contribution in [0.3, 0.4) is 0 Å². The van der Waals surface area contributed by atoms with Crippen molar-refractivity contribution in [3.63, 3.8) is 0 Å². The fourth-order valence-electron chi connectivity index (χ4n) is 2.91. The first-order valence-corrected chi connectivity index (χ1v) is 6.28. The van der Waals surface area contributed by atoms with Gasteiger partial charge < -0.3 is 9.64 Å². The molecular weight excluding hydrogens is 224 g/mol. The van der Waals surface area contributed by atoms with Crippen LogP contribution in [0.1, 0.15) is 33.6 Å². The van der Waals surface area contributed by atoms with E-state index in [4.69, 9.17) is 4.74 Å². The summed E-state index contributed by atoms with van der Waals surface area (Å²) in [6.07, 6.45) is 2.54. The van der Waals surface area contributed by atoms with Gasteiger partial charge in [-0.3, -0.25) is 5.32 Å². The first kappa shape index (κ1) is 14.2. The highest BCUT2D eigenvalue weighted by molar-refractivity contribution is 5.85. The number of rotatable bonds is 2. The second kappa shape index (κ2) is 5.67. The molecule has 0 bridgehead atoms. The SMILES string of the molecule is CCN1CCC(C2(C)NC(C)CO2)CC1.Cl. The predicted octanol–water partition coefficient (Wildman–Crippen LogP) is 1.86. The van der Waals surface area contributed by atoms with Gasteiger partial charge in [-0.2, -0.15) is 0 Å². The van der Waals surface area contributed by atoms with E-state index in [1.165, 1.54) is 32.5 Å². The Kier molecular flexibility index (Phi) is 5.05. The normalized spacial score (nSPS) is 37.3. The molecule has 96 valence electrons. The number of ether oxygens (including phenoxy) is 1. The highest BCUT2D eigenvalue weighted by Crippen LogP contribution is 2.32. The second-order valence-corrected chi connectivity index (χ2v) is 5.17. The summed E-state index contributed by atoms with van der Waals surface area (Å²) < 4.78 is 5.93. The molecule has 2 unspecified atom stereocenters. The number of piperidine rings is 1. The number of nitrogens with one attached hydrogen (secondary N) is 1. The Bertz CT molecular complexity index is 219. The Morgan fingerprint density at radius 3 is 2.44 bits per heavy atom. The van der Waals surface area contributed by atoms with Crippen LogP contribution in [-0.4, -0.2) is 42.9 Å². The first-order valence-electron chi connectivity index (χ1n) is 6.28. The maximum absolute atomic E-state index is 5.93. The first-order chi connectivity index (χ1) is 7.14. The molecule has 0 aliphatic carbocycles. The fraction of sp³-hybridized carbons (Fsp3) is 1.00. The van der Waals surface area contributed by atoms with Crippen LogP contribution in [0.4, 0.5) is 0 Å². The molecule has 2 saturated heterocycles. The zero-order chi connectivity index (χ0) is 10.9. The number of likely N-dealkylation sites (tertiary alicyclic amines) is 1. The molecule has 2 heterocycles. The van der Waals surface area contributed by atoms with Crippen LogP contribution in [0.25, 0.3) is 0 Å². The lowest BCUT2D eigenvalue weighted by atomic mass is 9.87. The van der Waals surface area contributed by atoms with E-state index in [-0.39, 0.29) is 18.1 Å². The van der Waals surface area contributed by atoms with Crippen molar-refractivity contribution < 1.29 is 4.74 Å². The minimum atomic E-state index is -0.0563. The highest BCUT2D eigenvalue weighted by Gasteiger charge is 2.41. The number of nitrogens with zero attached hydrogens (tertiary/aromatic N) is 1. The Labute approximate surface area is 105 Å². The zero-order valence-electron chi connectivity index (χ0n) is 10.7. The van der Waals surface area contributed by atoms with Gasteiger partial charge in [-0.25, -0.2) is 0 Å².